The van der Waals surface area contributed by atoms with Crippen molar-refractivity contribution in [3.05, 3.63) is 48.8 Å². The summed E-state index contributed by atoms with van der Waals surface area (Å²) in [6, 6.07) is 11.3. The molecule has 212 valence electrons. The molecular formula is C25H29N6O8P. The van der Waals surface area contributed by atoms with Crippen molar-refractivity contribution in [1.29, 1.82) is 0 Å². The van der Waals surface area contributed by atoms with Crippen molar-refractivity contribution in [2.24, 2.45) is 0 Å². The quantitative estimate of drug-likeness (QED) is 0.203. The third-order valence-corrected chi connectivity index (χ3v) is 8.10. The highest BCUT2D eigenvalue weighted by molar-refractivity contribution is 7.52. The minimum Gasteiger partial charge on any atom is -0.480 e. The number of carbonyl (C=O) groups is 1. The number of fused-ring (bicyclic) bond motifs is 2. The Hall–Kier alpha value is -3.81. The van der Waals surface area contributed by atoms with Crippen LogP contribution in [0.25, 0.3) is 21.9 Å². The lowest BCUT2D eigenvalue weighted by Gasteiger charge is -2.25. The second-order valence-electron chi connectivity index (χ2n) is 9.64. The van der Waals surface area contributed by atoms with Crippen LogP contribution in [0.2, 0.25) is 0 Å². The number of hydrogen-bond acceptors (Lipinski definition) is 11. The summed E-state index contributed by atoms with van der Waals surface area (Å²) in [7, 11) is -2.83. The van der Waals surface area contributed by atoms with Crippen molar-refractivity contribution < 1.29 is 38.1 Å². The van der Waals surface area contributed by atoms with E-state index in [0.717, 1.165) is 5.39 Å². The number of nitrogens with two attached hydrogens (primary N) is 1. The van der Waals surface area contributed by atoms with Gasteiger partial charge < -0.3 is 29.9 Å². The van der Waals surface area contributed by atoms with Crippen molar-refractivity contribution in [1.82, 2.24) is 24.6 Å². The van der Waals surface area contributed by atoms with Gasteiger partial charge in [-0.2, -0.15) is 15.1 Å². The topological polar surface area (TPSA) is 193 Å². The second kappa shape index (κ2) is 10.6. The molecule has 3 heterocycles. The molecule has 0 aliphatic carbocycles. The maximum atomic E-state index is 13.9. The molecule has 0 radical (unpaired) electrons. The van der Waals surface area contributed by atoms with Gasteiger partial charge in [0.2, 0.25) is 11.8 Å². The van der Waals surface area contributed by atoms with Crippen molar-refractivity contribution >= 4 is 41.6 Å². The Balaban J connectivity index is 1.38. The lowest BCUT2D eigenvalue weighted by molar-refractivity contribution is -0.138. The molecule has 1 aliphatic rings. The second-order valence-corrected chi connectivity index (χ2v) is 11.3. The molecule has 15 heteroatoms. The molecule has 5 atom stereocenters. The van der Waals surface area contributed by atoms with E-state index in [1.807, 2.05) is 18.2 Å². The molecule has 0 amide bonds. The highest BCUT2D eigenvalue weighted by Gasteiger charge is 2.47. The van der Waals surface area contributed by atoms with Crippen LogP contribution in [-0.2, 0) is 18.6 Å². The van der Waals surface area contributed by atoms with E-state index >= 15 is 0 Å². The molecule has 5 N–H and O–H groups in total. The fourth-order valence-electron chi connectivity index (χ4n) is 4.59. The first-order valence-corrected chi connectivity index (χ1v) is 13.9. The average Bonchev–Trinajstić information content (AvgIpc) is 3.46. The maximum absolute atomic E-state index is 13.9. The van der Waals surface area contributed by atoms with Crippen molar-refractivity contribution in [2.45, 2.75) is 44.2 Å². The number of carboxylic acid groups (broad SMARTS) is 1. The first-order chi connectivity index (χ1) is 19.0. The third kappa shape index (κ3) is 5.44. The van der Waals surface area contributed by atoms with E-state index in [9.17, 15) is 19.6 Å². The maximum Gasteiger partial charge on any atom is 0.459 e. The smallest absolute Gasteiger partial charge is 0.459 e. The van der Waals surface area contributed by atoms with Crippen LogP contribution < -0.4 is 20.1 Å². The van der Waals surface area contributed by atoms with Crippen LogP contribution in [-0.4, -0.2) is 67.2 Å². The van der Waals surface area contributed by atoms with Crippen molar-refractivity contribution in [3.63, 3.8) is 0 Å². The van der Waals surface area contributed by atoms with E-state index in [4.69, 9.17) is 24.3 Å². The number of methoxy groups -OCH3 is 1. The number of aliphatic carboxylic acids is 1. The van der Waals surface area contributed by atoms with Gasteiger partial charge in [-0.1, -0.05) is 36.4 Å². The Morgan fingerprint density at radius 3 is 2.80 bits per heavy atom. The number of imidazole rings is 1. The lowest BCUT2D eigenvalue weighted by atomic mass is 10.0. The SMILES string of the molecule is COc1nc(N)nc2c1ncn2C1OC(COP(=O)(NC(C)C(=O)O)Oc2cccc3ccccc23)CC1(C)O. The molecule has 5 rings (SSSR count). The zero-order valence-electron chi connectivity index (χ0n) is 21.9. The van der Waals surface area contributed by atoms with Crippen LogP contribution in [0.5, 0.6) is 11.6 Å². The summed E-state index contributed by atoms with van der Waals surface area (Å²) < 4.78 is 38.2. The third-order valence-electron chi connectivity index (χ3n) is 6.47. The zero-order valence-corrected chi connectivity index (χ0v) is 22.8. The number of anilines is 1. The normalized spacial score (nSPS) is 23.2. The van der Waals surface area contributed by atoms with Gasteiger partial charge in [-0.05, 0) is 25.3 Å². The van der Waals surface area contributed by atoms with E-state index in [1.54, 1.807) is 31.2 Å². The summed E-state index contributed by atoms with van der Waals surface area (Å²) in [5, 5.41) is 24.6. The fraction of sp³-hybridized carbons (Fsp3) is 0.360. The number of nitrogens with one attached hydrogen (secondary N) is 1. The van der Waals surface area contributed by atoms with Gasteiger partial charge in [-0.25, -0.2) is 9.55 Å². The number of nitrogens with zero attached hydrogens (tertiary/aromatic N) is 4. The number of ether oxygens (including phenoxy) is 2. The molecule has 1 saturated heterocycles. The number of benzene rings is 2. The summed E-state index contributed by atoms with van der Waals surface area (Å²) in [4.78, 5) is 24.1. The van der Waals surface area contributed by atoms with E-state index < -0.39 is 37.7 Å². The van der Waals surface area contributed by atoms with E-state index in [2.05, 4.69) is 20.0 Å². The molecule has 1 fully saturated rings. The number of aliphatic hydroxyl groups is 1. The van der Waals surface area contributed by atoms with Gasteiger partial charge in [0.15, 0.2) is 17.4 Å². The van der Waals surface area contributed by atoms with Gasteiger partial charge in [-0.3, -0.25) is 13.9 Å². The Morgan fingerprint density at radius 2 is 2.05 bits per heavy atom. The molecule has 14 nitrogen and oxygen atoms in total. The molecule has 4 aromatic rings. The van der Waals surface area contributed by atoms with Gasteiger partial charge in [0.1, 0.15) is 17.4 Å². The first-order valence-electron chi connectivity index (χ1n) is 12.3. The number of aromatic nitrogens is 4. The van der Waals surface area contributed by atoms with E-state index in [0.29, 0.717) is 10.9 Å². The molecule has 2 aromatic heterocycles. The summed E-state index contributed by atoms with van der Waals surface area (Å²) in [6.07, 6.45) is -0.217. The van der Waals surface area contributed by atoms with Crippen LogP contribution in [0, 0.1) is 0 Å². The molecule has 1 aliphatic heterocycles. The standard InChI is InChI=1S/C25H29N6O8P/c1-14(22(32)33)30-40(35,39-18-10-6-8-15-7-4-5-9-17(15)18)37-12-16-11-25(2,34)23(38-16)31-13-27-19-20(31)28-24(26)29-21(19)36-3/h4-10,13-14,16,23,34H,11-12H2,1-3H3,(H,30,35)(H,32,33)(H2,26,28,29). The molecule has 0 bridgehead atoms. The summed E-state index contributed by atoms with van der Waals surface area (Å²) >= 11 is 0. The average molecular weight is 573 g/mol. The summed E-state index contributed by atoms with van der Waals surface area (Å²) in [5.74, 6) is -0.869. The molecular weight excluding hydrogens is 543 g/mol. The van der Waals surface area contributed by atoms with Gasteiger partial charge in [0, 0.05) is 11.8 Å². The summed E-state index contributed by atoms with van der Waals surface area (Å²) in [5.41, 5.74) is 5.02. The van der Waals surface area contributed by atoms with Crippen molar-refractivity contribution in [3.8, 4) is 11.6 Å². The molecule has 5 unspecified atom stereocenters. The Bertz CT molecular complexity index is 1610. The zero-order chi connectivity index (χ0) is 28.7. The predicted octanol–water partition coefficient (Wildman–Crippen LogP) is 2.88. The lowest BCUT2D eigenvalue weighted by Crippen LogP contribution is -2.34. The number of rotatable bonds is 10. The number of carboxylic acids is 1. The Kier molecular flexibility index (Phi) is 7.38. The number of hydrogen-bond donors (Lipinski definition) is 4. The highest BCUT2D eigenvalue weighted by Crippen LogP contribution is 2.48. The van der Waals surface area contributed by atoms with Crippen LogP contribution in [0.3, 0.4) is 0 Å². The first kappa shape index (κ1) is 27.7. The molecule has 2 aromatic carbocycles. The van der Waals surface area contributed by atoms with E-state index in [-0.39, 0.29) is 36.3 Å². The minimum atomic E-state index is -4.25. The monoisotopic (exact) mass is 572 g/mol. The van der Waals surface area contributed by atoms with Gasteiger partial charge in [0.25, 0.3) is 0 Å². The van der Waals surface area contributed by atoms with Crippen LogP contribution in [0.15, 0.2) is 48.8 Å². The van der Waals surface area contributed by atoms with Gasteiger partial charge >= 0.3 is 13.7 Å². The van der Waals surface area contributed by atoms with Crippen LogP contribution in [0.1, 0.15) is 26.5 Å². The van der Waals surface area contributed by atoms with Gasteiger partial charge in [0.05, 0.1) is 26.1 Å². The van der Waals surface area contributed by atoms with Crippen LogP contribution >= 0.6 is 7.75 Å². The molecule has 0 saturated carbocycles. The predicted molar refractivity (Wildman–Crippen MR) is 144 cm³/mol. The van der Waals surface area contributed by atoms with E-state index in [1.165, 1.54) is 24.9 Å². The summed E-state index contributed by atoms with van der Waals surface area (Å²) in [6.45, 7) is 2.60. The minimum absolute atomic E-state index is 0.0474. The fourth-order valence-corrected chi connectivity index (χ4v) is 6.14. The largest absolute Gasteiger partial charge is 0.480 e. The Labute approximate surface area is 228 Å². The Morgan fingerprint density at radius 1 is 1.30 bits per heavy atom. The van der Waals surface area contributed by atoms with Gasteiger partial charge in [-0.15, -0.1) is 0 Å². The molecule has 40 heavy (non-hydrogen) atoms. The number of nitrogen functional groups attached to an aromatic ring is 1. The highest BCUT2D eigenvalue weighted by atomic mass is 31.2. The molecule has 0 spiro atoms. The van der Waals surface area contributed by atoms with Crippen molar-refractivity contribution in [2.75, 3.05) is 19.5 Å². The van der Waals surface area contributed by atoms with Crippen LogP contribution in [0.4, 0.5) is 5.95 Å².